The minimum Gasteiger partial charge on any atom is -0.454 e. The van der Waals surface area contributed by atoms with Crippen LogP contribution in [0.1, 0.15) is 67.8 Å². The molecule has 150 valence electrons. The molecular formula is C21H26N2O4S. The molecule has 5 atom stereocenters. The fourth-order valence-electron chi connectivity index (χ4n) is 6.26. The number of fused-ring (bicyclic) bond motifs is 1. The molecule has 4 aliphatic rings. The van der Waals surface area contributed by atoms with Crippen molar-refractivity contribution in [3.63, 3.8) is 0 Å². The lowest BCUT2D eigenvalue weighted by atomic mass is 9.48. The molecule has 2 N–H and O–H groups in total. The van der Waals surface area contributed by atoms with E-state index >= 15 is 0 Å². The maximum Gasteiger partial charge on any atom is 0.312 e. The zero-order chi connectivity index (χ0) is 19.8. The van der Waals surface area contributed by atoms with Gasteiger partial charge in [0, 0.05) is 4.88 Å². The van der Waals surface area contributed by atoms with Crippen molar-refractivity contribution < 1.29 is 14.6 Å². The number of rotatable bonds is 3. The van der Waals surface area contributed by atoms with E-state index in [9.17, 15) is 14.7 Å². The van der Waals surface area contributed by atoms with Gasteiger partial charge in [0.15, 0.2) is 11.9 Å². The summed E-state index contributed by atoms with van der Waals surface area (Å²) in [6.45, 7) is 5.65. The van der Waals surface area contributed by atoms with Gasteiger partial charge in [-0.3, -0.25) is 9.59 Å². The molecule has 6 rings (SSSR count). The van der Waals surface area contributed by atoms with Crippen molar-refractivity contribution in [3.05, 3.63) is 26.6 Å². The molecule has 2 aromatic rings. The Bertz CT molecular complexity index is 1020. The quantitative estimate of drug-likeness (QED) is 0.766. The molecule has 7 heteroatoms. The SMILES string of the molecule is Cc1sc2nc([C@H](C)OC(=O)C34C[C@@H]5C[C@@H](CC(O)(C5)C3)C4)[nH]c(=O)c2c1C. The predicted molar refractivity (Wildman–Crippen MR) is 106 cm³/mol. The highest BCUT2D eigenvalue weighted by Gasteiger charge is 2.61. The third-order valence-electron chi connectivity index (χ3n) is 7.19. The molecule has 6 nitrogen and oxygen atoms in total. The standard InChI is InChI=1S/C21H26N2O4S/c1-10-12(3)28-18-15(10)17(24)22-16(23-18)11(2)27-19(25)20-5-13-4-14(6-20)8-21(26,7-13)9-20/h11,13-14,26H,4-9H2,1-3H3,(H,22,23,24)/t11-,13-,14+,20?,21?/m0/s1. The number of nitrogens with zero attached hydrogens (tertiary/aromatic N) is 1. The summed E-state index contributed by atoms with van der Waals surface area (Å²) in [5.74, 6) is 0.977. The molecule has 0 radical (unpaired) electrons. The summed E-state index contributed by atoms with van der Waals surface area (Å²) in [7, 11) is 0. The second kappa shape index (κ2) is 5.89. The second-order valence-electron chi connectivity index (χ2n) is 9.43. The lowest BCUT2D eigenvalue weighted by molar-refractivity contribution is -0.200. The second-order valence-corrected chi connectivity index (χ2v) is 10.6. The highest BCUT2D eigenvalue weighted by Crippen LogP contribution is 2.62. The maximum absolute atomic E-state index is 13.2. The van der Waals surface area contributed by atoms with Gasteiger partial charge in [-0.05, 0) is 76.7 Å². The van der Waals surface area contributed by atoms with Crippen LogP contribution < -0.4 is 5.56 Å². The van der Waals surface area contributed by atoms with Crippen molar-refractivity contribution in [2.45, 2.75) is 71.0 Å². The Kier molecular flexibility index (Phi) is 3.85. The Morgan fingerprint density at radius 2 is 1.96 bits per heavy atom. The van der Waals surface area contributed by atoms with Crippen molar-refractivity contribution in [2.75, 3.05) is 0 Å². The van der Waals surface area contributed by atoms with Crippen LogP contribution in [-0.4, -0.2) is 26.6 Å². The van der Waals surface area contributed by atoms with Crippen molar-refractivity contribution in [3.8, 4) is 0 Å². The Balaban J connectivity index is 1.41. The van der Waals surface area contributed by atoms with Crippen LogP contribution in [-0.2, 0) is 9.53 Å². The summed E-state index contributed by atoms with van der Waals surface area (Å²) in [5, 5.41) is 11.5. The number of aryl methyl sites for hydroxylation is 2. The number of carbonyl (C=O) groups excluding carboxylic acids is 1. The van der Waals surface area contributed by atoms with E-state index in [0.717, 1.165) is 42.5 Å². The van der Waals surface area contributed by atoms with Gasteiger partial charge in [-0.15, -0.1) is 11.3 Å². The Morgan fingerprint density at radius 1 is 1.29 bits per heavy atom. The summed E-state index contributed by atoms with van der Waals surface area (Å²) in [4.78, 5) is 34.8. The Hall–Kier alpha value is -1.73. The lowest BCUT2D eigenvalue weighted by Crippen LogP contribution is -2.58. The number of aromatic nitrogens is 2. The van der Waals surface area contributed by atoms with Crippen LogP contribution in [0.3, 0.4) is 0 Å². The van der Waals surface area contributed by atoms with Gasteiger partial charge in [-0.2, -0.15) is 0 Å². The summed E-state index contributed by atoms with van der Waals surface area (Å²) >= 11 is 1.49. The van der Waals surface area contributed by atoms with Crippen LogP contribution in [0.15, 0.2) is 4.79 Å². The van der Waals surface area contributed by atoms with E-state index in [4.69, 9.17) is 4.74 Å². The monoisotopic (exact) mass is 402 g/mol. The van der Waals surface area contributed by atoms with E-state index < -0.39 is 17.1 Å². The minimum atomic E-state index is -0.705. The molecule has 4 fully saturated rings. The van der Waals surface area contributed by atoms with Gasteiger partial charge < -0.3 is 14.8 Å². The van der Waals surface area contributed by atoms with Gasteiger partial charge >= 0.3 is 5.97 Å². The number of carbonyl (C=O) groups is 1. The van der Waals surface area contributed by atoms with E-state index in [1.165, 1.54) is 11.3 Å². The molecule has 4 saturated carbocycles. The first kappa shape index (κ1) is 18.3. The molecule has 2 aromatic heterocycles. The summed E-state index contributed by atoms with van der Waals surface area (Å²) in [5.41, 5.74) is -0.516. The third-order valence-corrected chi connectivity index (χ3v) is 8.29. The smallest absolute Gasteiger partial charge is 0.312 e. The van der Waals surface area contributed by atoms with Crippen LogP contribution in [0.2, 0.25) is 0 Å². The first-order valence-electron chi connectivity index (χ1n) is 10.1. The number of nitrogens with one attached hydrogen (secondary N) is 1. The van der Waals surface area contributed by atoms with Gasteiger partial charge in [0.25, 0.3) is 5.56 Å². The normalized spacial score (nSPS) is 34.7. The zero-order valence-electron chi connectivity index (χ0n) is 16.5. The lowest BCUT2D eigenvalue weighted by Gasteiger charge is -2.58. The van der Waals surface area contributed by atoms with Crippen LogP contribution in [0.4, 0.5) is 0 Å². The minimum absolute atomic E-state index is 0.186. The number of esters is 1. The van der Waals surface area contributed by atoms with Crippen LogP contribution in [0, 0.1) is 31.1 Å². The molecular weight excluding hydrogens is 376 g/mol. The summed E-state index contributed by atoms with van der Waals surface area (Å²) in [6, 6.07) is 0. The molecule has 2 unspecified atom stereocenters. The van der Waals surface area contributed by atoms with Gasteiger partial charge in [-0.1, -0.05) is 0 Å². The molecule has 2 heterocycles. The third kappa shape index (κ3) is 2.66. The fourth-order valence-corrected chi connectivity index (χ4v) is 7.30. The van der Waals surface area contributed by atoms with Crippen LogP contribution in [0.5, 0.6) is 0 Å². The number of thiophene rings is 1. The molecule has 0 aliphatic heterocycles. The summed E-state index contributed by atoms with van der Waals surface area (Å²) < 4.78 is 5.83. The van der Waals surface area contributed by atoms with E-state index in [2.05, 4.69) is 9.97 Å². The summed E-state index contributed by atoms with van der Waals surface area (Å²) in [6.07, 6.45) is 4.25. The molecule has 28 heavy (non-hydrogen) atoms. The average molecular weight is 403 g/mol. The zero-order valence-corrected chi connectivity index (χ0v) is 17.3. The van der Waals surface area contributed by atoms with Crippen molar-refractivity contribution >= 4 is 27.5 Å². The van der Waals surface area contributed by atoms with Crippen LogP contribution >= 0.6 is 11.3 Å². The molecule has 0 spiro atoms. The van der Waals surface area contributed by atoms with E-state index in [1.807, 2.05) is 13.8 Å². The van der Waals surface area contributed by atoms with E-state index in [1.54, 1.807) is 6.92 Å². The number of hydrogen-bond donors (Lipinski definition) is 2. The molecule has 4 aliphatic carbocycles. The first-order chi connectivity index (χ1) is 13.2. The largest absolute Gasteiger partial charge is 0.454 e. The molecule has 0 amide bonds. The maximum atomic E-state index is 13.2. The van der Waals surface area contributed by atoms with Gasteiger partial charge in [0.1, 0.15) is 4.83 Å². The van der Waals surface area contributed by atoms with E-state index in [0.29, 0.717) is 34.3 Å². The topological polar surface area (TPSA) is 92.3 Å². The van der Waals surface area contributed by atoms with Crippen molar-refractivity contribution in [1.82, 2.24) is 9.97 Å². The van der Waals surface area contributed by atoms with Gasteiger partial charge in [0.05, 0.1) is 16.4 Å². The first-order valence-corrected chi connectivity index (χ1v) is 10.9. The molecule has 0 aromatic carbocycles. The van der Waals surface area contributed by atoms with Crippen molar-refractivity contribution in [2.24, 2.45) is 17.3 Å². The molecule has 4 bridgehead atoms. The highest BCUT2D eigenvalue weighted by atomic mass is 32.1. The number of ether oxygens (including phenoxy) is 1. The number of aromatic amines is 1. The van der Waals surface area contributed by atoms with E-state index in [-0.39, 0.29) is 11.5 Å². The molecule has 0 saturated heterocycles. The highest BCUT2D eigenvalue weighted by molar-refractivity contribution is 7.18. The van der Waals surface area contributed by atoms with Crippen LogP contribution in [0.25, 0.3) is 10.2 Å². The number of H-pyrrole nitrogens is 1. The van der Waals surface area contributed by atoms with Crippen molar-refractivity contribution in [1.29, 1.82) is 0 Å². The number of hydrogen-bond acceptors (Lipinski definition) is 6. The Labute approximate surface area is 167 Å². The van der Waals surface area contributed by atoms with Gasteiger partial charge in [0.2, 0.25) is 0 Å². The fraction of sp³-hybridized carbons (Fsp3) is 0.667. The predicted octanol–water partition coefficient (Wildman–Crippen LogP) is 3.54. The number of aliphatic hydroxyl groups is 1. The average Bonchev–Trinajstić information content (AvgIpc) is 2.87. The van der Waals surface area contributed by atoms with Gasteiger partial charge in [-0.25, -0.2) is 4.98 Å². The Morgan fingerprint density at radius 3 is 2.61 bits per heavy atom.